The van der Waals surface area contributed by atoms with E-state index in [4.69, 9.17) is 37.0 Å². The Bertz CT molecular complexity index is 1980. The summed E-state index contributed by atoms with van der Waals surface area (Å²) in [6.07, 6.45) is 58.1. The molecule has 0 aliphatic heterocycles. The van der Waals surface area contributed by atoms with Gasteiger partial charge in [-0.3, -0.25) is 37.3 Å². The first-order valence-electron chi connectivity index (χ1n) is 42.3. The summed E-state index contributed by atoms with van der Waals surface area (Å²) in [4.78, 5) is 73.1. The fraction of sp³-hybridized carbons (Fsp3) is 0.951. The number of rotatable bonds is 79. The molecule has 17 nitrogen and oxygen atoms in total. The highest BCUT2D eigenvalue weighted by Gasteiger charge is 2.30. The molecule has 0 aliphatic carbocycles. The van der Waals surface area contributed by atoms with E-state index in [9.17, 15) is 43.2 Å². The quantitative estimate of drug-likeness (QED) is 0.0222. The van der Waals surface area contributed by atoms with Crippen LogP contribution in [0.15, 0.2) is 0 Å². The summed E-state index contributed by atoms with van der Waals surface area (Å²) in [7, 11) is -9.92. The van der Waals surface area contributed by atoms with Gasteiger partial charge in [-0.2, -0.15) is 0 Å². The minimum absolute atomic E-state index is 0.106. The van der Waals surface area contributed by atoms with Crippen LogP contribution in [0.1, 0.15) is 421 Å². The van der Waals surface area contributed by atoms with Crippen LogP contribution in [0.5, 0.6) is 0 Å². The van der Waals surface area contributed by atoms with Crippen molar-refractivity contribution in [3.05, 3.63) is 0 Å². The highest BCUT2D eigenvalue weighted by atomic mass is 31.2. The van der Waals surface area contributed by atoms with Crippen LogP contribution < -0.4 is 0 Å². The van der Waals surface area contributed by atoms with Crippen molar-refractivity contribution in [1.82, 2.24) is 0 Å². The van der Waals surface area contributed by atoms with Crippen molar-refractivity contribution in [2.75, 3.05) is 39.6 Å². The molecule has 0 fully saturated rings. The number of ether oxygens (including phenoxy) is 4. The van der Waals surface area contributed by atoms with Crippen molar-refractivity contribution < 1.29 is 80.2 Å². The Balaban J connectivity index is 5.25. The van der Waals surface area contributed by atoms with Crippen molar-refractivity contribution in [2.24, 2.45) is 23.7 Å². The maximum atomic E-state index is 13.1. The second-order valence-electron chi connectivity index (χ2n) is 30.7. The van der Waals surface area contributed by atoms with Crippen LogP contribution in [0.4, 0.5) is 0 Å². The summed E-state index contributed by atoms with van der Waals surface area (Å²) in [5.74, 6) is 1.10. The number of aliphatic hydroxyl groups is 1. The molecule has 0 aromatic rings. The average Bonchev–Trinajstić information content (AvgIpc) is 0.938. The van der Waals surface area contributed by atoms with Crippen molar-refractivity contribution in [3.8, 4) is 0 Å². The first kappa shape index (κ1) is 99.1. The molecule has 0 saturated carbocycles. The topological polar surface area (TPSA) is 237 Å². The number of hydrogen-bond acceptors (Lipinski definition) is 15. The van der Waals surface area contributed by atoms with E-state index in [-0.39, 0.29) is 25.7 Å². The van der Waals surface area contributed by atoms with E-state index >= 15 is 0 Å². The maximum Gasteiger partial charge on any atom is 0.472 e. The Morgan fingerprint density at radius 1 is 0.277 bits per heavy atom. The van der Waals surface area contributed by atoms with Crippen LogP contribution in [0.2, 0.25) is 0 Å². The zero-order chi connectivity index (χ0) is 74.6. The number of aliphatic hydroxyl groups excluding tert-OH is 1. The minimum Gasteiger partial charge on any atom is -0.462 e. The van der Waals surface area contributed by atoms with Gasteiger partial charge in [-0.25, -0.2) is 9.13 Å². The Morgan fingerprint density at radius 2 is 0.475 bits per heavy atom. The van der Waals surface area contributed by atoms with Crippen molar-refractivity contribution in [1.29, 1.82) is 0 Å². The van der Waals surface area contributed by atoms with Crippen LogP contribution >= 0.6 is 15.6 Å². The highest BCUT2D eigenvalue weighted by Crippen LogP contribution is 2.45. The van der Waals surface area contributed by atoms with Crippen molar-refractivity contribution in [2.45, 2.75) is 440 Å². The molecular weight excluding hydrogens is 1320 g/mol. The van der Waals surface area contributed by atoms with Crippen LogP contribution in [-0.2, 0) is 65.4 Å². The second kappa shape index (κ2) is 71.0. The van der Waals surface area contributed by atoms with Crippen molar-refractivity contribution >= 4 is 39.5 Å². The lowest BCUT2D eigenvalue weighted by Gasteiger charge is -2.21. The van der Waals surface area contributed by atoms with Gasteiger partial charge in [0.25, 0.3) is 0 Å². The Morgan fingerprint density at radius 3 is 0.703 bits per heavy atom. The number of unbranched alkanes of at least 4 members (excludes halogenated alkanes) is 42. The summed E-state index contributed by atoms with van der Waals surface area (Å²) in [6, 6.07) is 0. The largest absolute Gasteiger partial charge is 0.472 e. The van der Waals surface area contributed by atoms with Gasteiger partial charge in [0, 0.05) is 25.7 Å². The normalized spacial score (nSPS) is 14.8. The molecular formula is C82H160O17P2. The number of carbonyl (C=O) groups is 4. The Labute approximate surface area is 619 Å². The number of phosphoric acid groups is 2. The highest BCUT2D eigenvalue weighted by molar-refractivity contribution is 7.47. The first-order chi connectivity index (χ1) is 48.7. The maximum absolute atomic E-state index is 13.1. The summed E-state index contributed by atoms with van der Waals surface area (Å²) >= 11 is 0. The molecule has 101 heavy (non-hydrogen) atoms. The molecule has 0 radical (unpaired) electrons. The molecule has 0 bridgehead atoms. The number of carbonyl (C=O) groups excluding carboxylic acids is 4. The molecule has 0 aromatic heterocycles. The predicted molar refractivity (Wildman–Crippen MR) is 414 cm³/mol. The van der Waals surface area contributed by atoms with E-state index in [0.717, 1.165) is 114 Å². The van der Waals surface area contributed by atoms with E-state index in [1.807, 2.05) is 0 Å². The molecule has 0 heterocycles. The summed E-state index contributed by atoms with van der Waals surface area (Å²) in [6.45, 7) is 14.3. The summed E-state index contributed by atoms with van der Waals surface area (Å²) in [5.41, 5.74) is 0. The third-order valence-corrected chi connectivity index (χ3v) is 22.1. The minimum atomic E-state index is -4.96. The third-order valence-electron chi connectivity index (χ3n) is 20.2. The van der Waals surface area contributed by atoms with Crippen LogP contribution in [0.25, 0.3) is 0 Å². The average molecular weight is 1480 g/mol. The number of esters is 4. The molecule has 19 heteroatoms. The van der Waals surface area contributed by atoms with Gasteiger partial charge in [-0.1, -0.05) is 370 Å². The monoisotopic (exact) mass is 1480 g/mol. The van der Waals surface area contributed by atoms with Gasteiger partial charge in [0.15, 0.2) is 12.2 Å². The van der Waals surface area contributed by atoms with E-state index in [1.54, 1.807) is 0 Å². The van der Waals surface area contributed by atoms with E-state index < -0.39 is 97.5 Å². The van der Waals surface area contributed by atoms with Gasteiger partial charge in [0.05, 0.1) is 26.4 Å². The molecule has 5 unspecified atom stereocenters. The molecule has 0 aromatic carbocycles. The molecule has 0 rings (SSSR count). The smallest absolute Gasteiger partial charge is 0.462 e. The fourth-order valence-corrected chi connectivity index (χ4v) is 14.1. The van der Waals surface area contributed by atoms with Gasteiger partial charge in [0.1, 0.15) is 19.3 Å². The third kappa shape index (κ3) is 72.1. The predicted octanol–water partition coefficient (Wildman–Crippen LogP) is 24.4. The lowest BCUT2D eigenvalue weighted by molar-refractivity contribution is -0.161. The molecule has 0 saturated heterocycles. The van der Waals surface area contributed by atoms with Gasteiger partial charge in [0.2, 0.25) is 0 Å². The first-order valence-corrected chi connectivity index (χ1v) is 45.3. The lowest BCUT2D eigenvalue weighted by Crippen LogP contribution is -2.30. The SMILES string of the molecule is CCC(C)CCCCCCCCCCCCC(=O)OC[C@H](COP(=O)(O)OC[C@@H](O)COP(=O)(O)OC[C@@H](COC(=O)CCCCCCCCCCC(C)CC)OC(=O)CCCCCCCCCCCCC(C)CC)OC(=O)CCCCCCCCCCCCCCCCCCCCC(C)C. The number of hydrogen-bond donors (Lipinski definition) is 3. The Kier molecular flexibility index (Phi) is 69.6. The van der Waals surface area contributed by atoms with Crippen LogP contribution in [0.3, 0.4) is 0 Å². The second-order valence-corrected chi connectivity index (χ2v) is 33.6. The van der Waals surface area contributed by atoms with E-state index in [2.05, 4.69) is 55.4 Å². The molecule has 3 N–H and O–H groups in total. The lowest BCUT2D eigenvalue weighted by atomic mass is 9.99. The molecule has 600 valence electrons. The number of phosphoric ester groups is 2. The van der Waals surface area contributed by atoms with Gasteiger partial charge in [-0.15, -0.1) is 0 Å². The van der Waals surface area contributed by atoms with Gasteiger partial charge >= 0.3 is 39.5 Å². The van der Waals surface area contributed by atoms with Crippen LogP contribution in [0, 0.1) is 23.7 Å². The molecule has 0 spiro atoms. The summed E-state index contributed by atoms with van der Waals surface area (Å²) in [5, 5.41) is 10.7. The zero-order valence-electron chi connectivity index (χ0n) is 66.5. The standard InChI is InChI=1S/C82H160O17P2/c1-9-73(6)59-51-43-35-27-22-24-29-38-46-54-62-79(84)92-68-77(98-81(86)64-56-48-40-30-21-19-17-15-13-12-14-16-18-20-26-34-42-50-58-72(4)5)70-96-100(88,89)94-66-76(83)67-95-101(90,91)97-71-78(69-93-80(85)63-55-47-39-33-32-37-45-53-61-75(8)11-3)99-82(87)65-57-49-41-31-25-23-28-36-44-52-60-74(7)10-2/h72-78,83H,9-71H2,1-8H3,(H,88,89)(H,90,91)/t73?,74?,75?,76-,77-,78-/m1/s1. The van der Waals surface area contributed by atoms with Crippen molar-refractivity contribution in [3.63, 3.8) is 0 Å². The van der Waals surface area contributed by atoms with E-state index in [1.165, 1.54) is 225 Å². The zero-order valence-corrected chi connectivity index (χ0v) is 68.3. The van der Waals surface area contributed by atoms with E-state index in [0.29, 0.717) is 25.7 Å². The van der Waals surface area contributed by atoms with Gasteiger partial charge < -0.3 is 33.8 Å². The van der Waals surface area contributed by atoms with Crippen LogP contribution in [-0.4, -0.2) is 96.7 Å². The molecule has 0 aliphatic rings. The molecule has 8 atom stereocenters. The molecule has 0 amide bonds. The Hall–Kier alpha value is -1.94. The fourth-order valence-electron chi connectivity index (χ4n) is 12.5. The van der Waals surface area contributed by atoms with Gasteiger partial charge in [-0.05, 0) is 49.4 Å². The summed E-state index contributed by atoms with van der Waals surface area (Å²) < 4.78 is 68.8.